The summed E-state index contributed by atoms with van der Waals surface area (Å²) in [4.78, 5) is 4.36. The SMILES string of the molecule is CC1CCC(NCc2ccc3ncccc3c2)C1C. The van der Waals surface area contributed by atoms with Gasteiger partial charge in [0.1, 0.15) is 0 Å². The highest BCUT2D eigenvalue weighted by molar-refractivity contribution is 5.78. The van der Waals surface area contributed by atoms with Gasteiger partial charge in [0.25, 0.3) is 0 Å². The molecular weight excluding hydrogens is 232 g/mol. The highest BCUT2D eigenvalue weighted by Crippen LogP contribution is 2.31. The number of nitrogens with zero attached hydrogens (tertiary/aromatic N) is 1. The second-order valence-corrected chi connectivity index (χ2v) is 5.93. The largest absolute Gasteiger partial charge is 0.310 e. The summed E-state index contributed by atoms with van der Waals surface area (Å²) >= 11 is 0. The van der Waals surface area contributed by atoms with Crippen LogP contribution in [0.5, 0.6) is 0 Å². The molecule has 19 heavy (non-hydrogen) atoms. The molecule has 0 amide bonds. The number of nitrogens with one attached hydrogen (secondary N) is 1. The first kappa shape index (κ1) is 12.6. The molecule has 3 unspecified atom stereocenters. The summed E-state index contributed by atoms with van der Waals surface area (Å²) < 4.78 is 0. The zero-order chi connectivity index (χ0) is 13.2. The van der Waals surface area contributed by atoms with E-state index in [-0.39, 0.29) is 0 Å². The first-order valence-electron chi connectivity index (χ1n) is 7.31. The Morgan fingerprint density at radius 3 is 2.89 bits per heavy atom. The van der Waals surface area contributed by atoms with Crippen molar-refractivity contribution in [3.8, 4) is 0 Å². The number of aromatic nitrogens is 1. The van der Waals surface area contributed by atoms with E-state index in [1.807, 2.05) is 12.3 Å². The summed E-state index contributed by atoms with van der Waals surface area (Å²) in [6.45, 7) is 5.71. The average Bonchev–Trinajstić information content (AvgIpc) is 2.76. The minimum Gasteiger partial charge on any atom is -0.310 e. The first-order valence-corrected chi connectivity index (χ1v) is 7.31. The molecule has 0 radical (unpaired) electrons. The molecule has 1 aromatic heterocycles. The van der Waals surface area contributed by atoms with E-state index in [0.717, 1.165) is 23.9 Å². The molecule has 1 aromatic carbocycles. The molecule has 1 fully saturated rings. The lowest BCUT2D eigenvalue weighted by Gasteiger charge is -2.19. The third kappa shape index (κ3) is 2.64. The van der Waals surface area contributed by atoms with Crippen LogP contribution in [0.25, 0.3) is 10.9 Å². The van der Waals surface area contributed by atoms with Gasteiger partial charge in [-0.25, -0.2) is 0 Å². The fourth-order valence-corrected chi connectivity index (χ4v) is 3.14. The molecule has 0 spiro atoms. The van der Waals surface area contributed by atoms with Crippen molar-refractivity contribution in [2.75, 3.05) is 0 Å². The highest BCUT2D eigenvalue weighted by Gasteiger charge is 2.28. The molecule has 0 aliphatic heterocycles. The summed E-state index contributed by atoms with van der Waals surface area (Å²) in [6.07, 6.45) is 4.53. The summed E-state index contributed by atoms with van der Waals surface area (Å²) in [7, 11) is 0. The van der Waals surface area contributed by atoms with E-state index >= 15 is 0 Å². The van der Waals surface area contributed by atoms with Crippen molar-refractivity contribution in [2.45, 2.75) is 39.3 Å². The number of rotatable bonds is 3. The predicted molar refractivity (Wildman–Crippen MR) is 79.9 cm³/mol. The van der Waals surface area contributed by atoms with Crippen molar-refractivity contribution < 1.29 is 0 Å². The third-order valence-corrected chi connectivity index (χ3v) is 4.70. The summed E-state index contributed by atoms with van der Waals surface area (Å²) in [5.74, 6) is 1.65. The number of fused-ring (bicyclic) bond motifs is 1. The first-order chi connectivity index (χ1) is 9.24. The van der Waals surface area contributed by atoms with Gasteiger partial charge >= 0.3 is 0 Å². The minimum absolute atomic E-state index is 0.680. The number of benzene rings is 1. The van der Waals surface area contributed by atoms with Gasteiger partial charge in [0.2, 0.25) is 0 Å². The average molecular weight is 254 g/mol. The molecule has 1 N–H and O–H groups in total. The second kappa shape index (κ2) is 5.30. The Kier molecular flexibility index (Phi) is 3.52. The van der Waals surface area contributed by atoms with Crippen molar-refractivity contribution in [3.05, 3.63) is 42.1 Å². The maximum atomic E-state index is 4.36. The van der Waals surface area contributed by atoms with Crippen molar-refractivity contribution in [3.63, 3.8) is 0 Å². The van der Waals surface area contributed by atoms with E-state index in [1.54, 1.807) is 0 Å². The van der Waals surface area contributed by atoms with Gasteiger partial charge in [0.15, 0.2) is 0 Å². The Labute approximate surface area is 115 Å². The summed E-state index contributed by atoms with van der Waals surface area (Å²) in [5.41, 5.74) is 2.43. The lowest BCUT2D eigenvalue weighted by Crippen LogP contribution is -2.31. The molecule has 3 rings (SSSR count). The van der Waals surface area contributed by atoms with Crippen LogP contribution in [0.1, 0.15) is 32.3 Å². The normalized spacial score (nSPS) is 26.9. The smallest absolute Gasteiger partial charge is 0.0702 e. The molecule has 2 heteroatoms. The number of hydrogen-bond acceptors (Lipinski definition) is 2. The Balaban J connectivity index is 1.68. The molecule has 1 aliphatic carbocycles. The van der Waals surface area contributed by atoms with Crippen molar-refractivity contribution in [1.29, 1.82) is 0 Å². The molecular formula is C17H22N2. The molecule has 100 valence electrons. The Hall–Kier alpha value is -1.41. The lowest BCUT2D eigenvalue weighted by molar-refractivity contribution is 0.370. The zero-order valence-corrected chi connectivity index (χ0v) is 11.8. The Bertz CT molecular complexity index is 564. The third-order valence-electron chi connectivity index (χ3n) is 4.70. The van der Waals surface area contributed by atoms with Crippen LogP contribution in [-0.4, -0.2) is 11.0 Å². The summed E-state index contributed by atoms with van der Waals surface area (Å²) in [6, 6.07) is 11.4. The van der Waals surface area contributed by atoms with Gasteiger partial charge in [-0.05, 0) is 48.4 Å². The van der Waals surface area contributed by atoms with E-state index in [0.29, 0.717) is 6.04 Å². The molecule has 2 nitrogen and oxygen atoms in total. The monoisotopic (exact) mass is 254 g/mol. The van der Waals surface area contributed by atoms with Crippen LogP contribution >= 0.6 is 0 Å². The standard InChI is InChI=1S/C17H22N2/c1-12-5-7-16(13(12)2)19-11-14-6-8-17-15(10-14)4-3-9-18-17/h3-4,6,8-10,12-13,16,19H,5,7,11H2,1-2H3. The maximum Gasteiger partial charge on any atom is 0.0702 e. The fourth-order valence-electron chi connectivity index (χ4n) is 3.14. The molecule has 3 atom stereocenters. The topological polar surface area (TPSA) is 24.9 Å². The molecule has 1 saturated carbocycles. The van der Waals surface area contributed by atoms with Crippen molar-refractivity contribution >= 4 is 10.9 Å². The van der Waals surface area contributed by atoms with Gasteiger partial charge in [-0.1, -0.05) is 26.0 Å². The van der Waals surface area contributed by atoms with E-state index in [1.165, 1.54) is 23.8 Å². The highest BCUT2D eigenvalue weighted by atomic mass is 14.9. The van der Waals surface area contributed by atoms with E-state index in [2.05, 4.69) is 48.4 Å². The van der Waals surface area contributed by atoms with Gasteiger partial charge in [-0.3, -0.25) is 4.98 Å². The molecule has 0 bridgehead atoms. The van der Waals surface area contributed by atoms with E-state index in [9.17, 15) is 0 Å². The summed E-state index contributed by atoms with van der Waals surface area (Å²) in [5, 5.41) is 4.95. The van der Waals surface area contributed by atoms with E-state index < -0.39 is 0 Å². The van der Waals surface area contributed by atoms with Crippen molar-refractivity contribution in [2.24, 2.45) is 11.8 Å². The molecule has 2 aromatic rings. The molecule has 1 aliphatic rings. The van der Waals surface area contributed by atoms with Gasteiger partial charge in [-0.15, -0.1) is 0 Å². The molecule has 0 saturated heterocycles. The number of pyridine rings is 1. The quantitative estimate of drug-likeness (QED) is 0.902. The fraction of sp³-hybridized carbons (Fsp3) is 0.471. The lowest BCUT2D eigenvalue weighted by atomic mass is 9.97. The van der Waals surface area contributed by atoms with Crippen LogP contribution in [0.15, 0.2) is 36.5 Å². The van der Waals surface area contributed by atoms with E-state index in [4.69, 9.17) is 0 Å². The predicted octanol–water partition coefficient (Wildman–Crippen LogP) is 3.76. The van der Waals surface area contributed by atoms with Gasteiger partial charge < -0.3 is 5.32 Å². The second-order valence-electron chi connectivity index (χ2n) is 5.93. The Morgan fingerprint density at radius 2 is 2.11 bits per heavy atom. The van der Waals surface area contributed by atoms with Crippen LogP contribution in [0.3, 0.4) is 0 Å². The maximum absolute atomic E-state index is 4.36. The van der Waals surface area contributed by atoms with Gasteiger partial charge in [0.05, 0.1) is 5.52 Å². The zero-order valence-electron chi connectivity index (χ0n) is 11.8. The van der Waals surface area contributed by atoms with Gasteiger partial charge in [-0.2, -0.15) is 0 Å². The van der Waals surface area contributed by atoms with Crippen LogP contribution < -0.4 is 5.32 Å². The van der Waals surface area contributed by atoms with Crippen LogP contribution in [0.4, 0.5) is 0 Å². The van der Waals surface area contributed by atoms with Crippen LogP contribution in [0, 0.1) is 11.8 Å². The minimum atomic E-state index is 0.680. The Morgan fingerprint density at radius 1 is 1.21 bits per heavy atom. The van der Waals surface area contributed by atoms with Crippen molar-refractivity contribution in [1.82, 2.24) is 10.3 Å². The molecule has 1 heterocycles. The number of hydrogen-bond donors (Lipinski definition) is 1. The van der Waals surface area contributed by atoms with Crippen LogP contribution in [-0.2, 0) is 6.54 Å². The van der Waals surface area contributed by atoms with Crippen LogP contribution in [0.2, 0.25) is 0 Å². The van der Waals surface area contributed by atoms with Gasteiger partial charge in [0, 0.05) is 24.2 Å².